The van der Waals surface area contributed by atoms with Crippen LogP contribution >= 0.6 is 0 Å². The second-order valence-corrected chi connectivity index (χ2v) is 3.50. The van der Waals surface area contributed by atoms with Gasteiger partial charge in [0.05, 0.1) is 18.0 Å². The first kappa shape index (κ1) is 9.22. The topological polar surface area (TPSA) is 66.4 Å². The Balaban J connectivity index is 3.10. The smallest absolute Gasteiger partial charge is 0.0842 e. The molecule has 2 atom stereocenters. The van der Waals surface area contributed by atoms with E-state index in [1.165, 1.54) is 6.26 Å². The van der Waals surface area contributed by atoms with Gasteiger partial charge >= 0.3 is 0 Å². The molecule has 0 N–H and O–H groups in total. The normalized spacial score (nSPS) is 17.1. The predicted octanol–water partition coefficient (Wildman–Crippen LogP) is -0.824. The van der Waals surface area contributed by atoms with Crippen molar-refractivity contribution in [2.45, 2.75) is 0 Å². The highest BCUT2D eigenvalue weighted by atomic mass is 32.2. The second kappa shape index (κ2) is 5.04. The van der Waals surface area contributed by atoms with Gasteiger partial charge in [-0.3, -0.25) is 8.39 Å². The maximum atomic E-state index is 10.3. The first-order chi connectivity index (χ1) is 4.13. The summed E-state index contributed by atoms with van der Waals surface area (Å²) in [6, 6.07) is 0. The summed E-state index contributed by atoms with van der Waals surface area (Å²) in [5.41, 5.74) is 0. The standard InChI is InChI=1S/C3H8O4S2/c1-8(4)3-2-7-9(5)6/h2-3H2,1H3,(H,5,6)/p-1. The Bertz CT molecular complexity index is 109. The highest BCUT2D eigenvalue weighted by Gasteiger charge is 1.89. The molecule has 0 saturated heterocycles. The van der Waals surface area contributed by atoms with Crippen LogP contribution in [-0.4, -0.2) is 31.6 Å². The van der Waals surface area contributed by atoms with Gasteiger partial charge in [-0.1, -0.05) is 0 Å². The molecule has 4 nitrogen and oxygen atoms in total. The number of hydrogen-bond donors (Lipinski definition) is 0. The molecule has 0 spiro atoms. The molecule has 56 valence electrons. The third-order valence-corrected chi connectivity index (χ3v) is 1.65. The van der Waals surface area contributed by atoms with Gasteiger partial charge in [0.2, 0.25) is 0 Å². The van der Waals surface area contributed by atoms with Gasteiger partial charge in [0, 0.05) is 22.8 Å². The molecule has 0 aliphatic carbocycles. The van der Waals surface area contributed by atoms with Crippen LogP contribution in [0, 0.1) is 0 Å². The molecule has 0 aliphatic heterocycles. The lowest BCUT2D eigenvalue weighted by Gasteiger charge is -2.02. The van der Waals surface area contributed by atoms with E-state index in [1.807, 2.05) is 0 Å². The average molecular weight is 171 g/mol. The third kappa shape index (κ3) is 8.22. The summed E-state index contributed by atoms with van der Waals surface area (Å²) in [4.78, 5) is 0. The van der Waals surface area contributed by atoms with E-state index < -0.39 is 22.2 Å². The monoisotopic (exact) mass is 171 g/mol. The molecule has 9 heavy (non-hydrogen) atoms. The van der Waals surface area contributed by atoms with Crippen molar-refractivity contribution in [2.24, 2.45) is 0 Å². The molecular formula is C3H7O4S2-. The molecule has 0 saturated carbocycles. The molecule has 0 aromatic rings. The first-order valence-electron chi connectivity index (χ1n) is 2.15. The van der Waals surface area contributed by atoms with Crippen molar-refractivity contribution < 1.29 is 17.2 Å². The van der Waals surface area contributed by atoms with Gasteiger partial charge < -0.3 is 4.55 Å². The van der Waals surface area contributed by atoms with Crippen LogP contribution in [0.25, 0.3) is 0 Å². The van der Waals surface area contributed by atoms with Crippen LogP contribution < -0.4 is 0 Å². The Labute approximate surface area is 58.5 Å². The van der Waals surface area contributed by atoms with E-state index in [0.29, 0.717) is 0 Å². The van der Waals surface area contributed by atoms with Crippen molar-refractivity contribution in [3.63, 3.8) is 0 Å². The largest absolute Gasteiger partial charge is 0.750 e. The summed E-state index contributed by atoms with van der Waals surface area (Å²) in [6.07, 6.45) is 1.48. The molecule has 0 rings (SSSR count). The van der Waals surface area contributed by atoms with Gasteiger partial charge in [-0.15, -0.1) is 0 Å². The molecule has 0 aromatic heterocycles. The molecular weight excluding hydrogens is 164 g/mol. The quantitative estimate of drug-likeness (QED) is 0.518. The minimum Gasteiger partial charge on any atom is -0.750 e. The van der Waals surface area contributed by atoms with Gasteiger partial charge in [0.1, 0.15) is 0 Å². The lowest BCUT2D eigenvalue weighted by molar-refractivity contribution is 0.320. The predicted molar refractivity (Wildman–Crippen MR) is 33.8 cm³/mol. The fourth-order valence-corrected chi connectivity index (χ4v) is 0.862. The van der Waals surface area contributed by atoms with Gasteiger partial charge in [0.15, 0.2) is 0 Å². The molecule has 0 aliphatic rings. The maximum absolute atomic E-state index is 10.3. The molecule has 0 radical (unpaired) electrons. The van der Waals surface area contributed by atoms with Gasteiger partial charge in [0.25, 0.3) is 0 Å². The fraction of sp³-hybridized carbons (Fsp3) is 1.00. The minimum absolute atomic E-state index is 0.000772. The Morgan fingerprint density at radius 1 is 1.56 bits per heavy atom. The van der Waals surface area contributed by atoms with E-state index in [9.17, 15) is 13.0 Å². The van der Waals surface area contributed by atoms with Crippen molar-refractivity contribution in [2.75, 3.05) is 18.6 Å². The summed E-state index contributed by atoms with van der Waals surface area (Å²) < 4.78 is 33.7. The van der Waals surface area contributed by atoms with Crippen molar-refractivity contribution in [1.82, 2.24) is 0 Å². The molecule has 0 heterocycles. The number of rotatable bonds is 4. The number of hydrogen-bond acceptors (Lipinski definition) is 4. The van der Waals surface area contributed by atoms with Crippen LogP contribution in [0.15, 0.2) is 0 Å². The molecule has 0 bridgehead atoms. The lowest BCUT2D eigenvalue weighted by Crippen LogP contribution is -2.05. The second-order valence-electron chi connectivity index (χ2n) is 1.30. The van der Waals surface area contributed by atoms with Crippen LogP contribution in [0.4, 0.5) is 0 Å². The van der Waals surface area contributed by atoms with E-state index in [-0.39, 0.29) is 12.4 Å². The Kier molecular flexibility index (Phi) is 5.16. The molecule has 0 aromatic carbocycles. The highest BCUT2D eigenvalue weighted by Crippen LogP contribution is 1.80. The van der Waals surface area contributed by atoms with Crippen molar-refractivity contribution >= 4 is 22.2 Å². The van der Waals surface area contributed by atoms with E-state index >= 15 is 0 Å². The van der Waals surface area contributed by atoms with Crippen LogP contribution in [0.5, 0.6) is 0 Å². The van der Waals surface area contributed by atoms with Crippen molar-refractivity contribution in [1.29, 1.82) is 0 Å². The summed E-state index contributed by atoms with van der Waals surface area (Å²) in [5.74, 6) is 0.258. The van der Waals surface area contributed by atoms with E-state index in [0.717, 1.165) is 0 Å². The summed E-state index contributed by atoms with van der Waals surface area (Å²) in [7, 11) is -0.980. The molecule has 2 unspecified atom stereocenters. The first-order valence-corrected chi connectivity index (χ1v) is 4.88. The van der Waals surface area contributed by atoms with Crippen LogP contribution in [-0.2, 0) is 26.3 Å². The maximum Gasteiger partial charge on any atom is 0.0842 e. The average Bonchev–Trinajstić information content (AvgIpc) is 1.63. The van der Waals surface area contributed by atoms with Crippen molar-refractivity contribution in [3.8, 4) is 0 Å². The van der Waals surface area contributed by atoms with Crippen LogP contribution in [0.2, 0.25) is 0 Å². The molecule has 0 amide bonds. The zero-order chi connectivity index (χ0) is 7.28. The Morgan fingerprint density at radius 3 is 2.44 bits per heavy atom. The molecule has 0 fully saturated rings. The van der Waals surface area contributed by atoms with Gasteiger partial charge in [-0.2, -0.15) is 0 Å². The minimum atomic E-state index is -2.47. The lowest BCUT2D eigenvalue weighted by atomic mass is 10.9. The SMILES string of the molecule is CS(=O)CCOS(=O)[O-]. The van der Waals surface area contributed by atoms with Crippen molar-refractivity contribution in [3.05, 3.63) is 0 Å². The molecule has 6 heteroatoms. The van der Waals surface area contributed by atoms with Crippen LogP contribution in [0.3, 0.4) is 0 Å². The Hall–Kier alpha value is 0.220. The zero-order valence-electron chi connectivity index (χ0n) is 4.86. The van der Waals surface area contributed by atoms with E-state index in [1.54, 1.807) is 0 Å². The van der Waals surface area contributed by atoms with Crippen LogP contribution in [0.1, 0.15) is 0 Å². The summed E-state index contributed by atoms with van der Waals surface area (Å²) >= 11 is -2.47. The highest BCUT2D eigenvalue weighted by molar-refractivity contribution is 7.84. The zero-order valence-corrected chi connectivity index (χ0v) is 6.50. The summed E-state index contributed by atoms with van der Waals surface area (Å²) in [6.45, 7) is -0.000772. The third-order valence-electron chi connectivity index (χ3n) is 0.550. The fourth-order valence-electron chi connectivity index (χ4n) is 0.219. The van der Waals surface area contributed by atoms with E-state index in [4.69, 9.17) is 0 Å². The van der Waals surface area contributed by atoms with Gasteiger partial charge in [-0.25, -0.2) is 4.21 Å². The van der Waals surface area contributed by atoms with E-state index in [2.05, 4.69) is 4.18 Å². The Morgan fingerprint density at radius 2 is 2.11 bits per heavy atom. The van der Waals surface area contributed by atoms with Gasteiger partial charge in [-0.05, 0) is 0 Å². The summed E-state index contributed by atoms with van der Waals surface area (Å²) in [5, 5.41) is 0.